The molecular formula is C11H19N3. The fraction of sp³-hybridized carbons (Fsp3) is 0.545. The number of anilines is 2. The van der Waals surface area contributed by atoms with E-state index < -0.39 is 0 Å². The van der Waals surface area contributed by atoms with Crippen molar-refractivity contribution in [3.8, 4) is 0 Å². The second-order valence-electron chi connectivity index (χ2n) is 4.25. The van der Waals surface area contributed by atoms with Crippen LogP contribution in [-0.4, -0.2) is 10.5 Å². The van der Waals surface area contributed by atoms with Gasteiger partial charge >= 0.3 is 0 Å². The normalized spacial score (nSPS) is 11.4. The van der Waals surface area contributed by atoms with Gasteiger partial charge in [-0.25, -0.2) is 4.98 Å². The molecule has 1 aromatic heterocycles. The molecule has 78 valence electrons. The Morgan fingerprint density at radius 2 is 2.07 bits per heavy atom. The van der Waals surface area contributed by atoms with Crippen molar-refractivity contribution in [1.82, 2.24) is 4.98 Å². The maximum Gasteiger partial charge on any atom is 0.149 e. The quantitative estimate of drug-likeness (QED) is 0.775. The third-order valence-corrected chi connectivity index (χ3v) is 2.41. The molecular weight excluding hydrogens is 174 g/mol. The number of aryl methyl sites for hydroxylation is 1. The molecule has 3 nitrogen and oxygen atoms in total. The summed E-state index contributed by atoms with van der Waals surface area (Å²) < 4.78 is 0. The van der Waals surface area contributed by atoms with Gasteiger partial charge < -0.3 is 11.1 Å². The topological polar surface area (TPSA) is 50.9 Å². The summed E-state index contributed by atoms with van der Waals surface area (Å²) in [7, 11) is 0. The molecule has 0 radical (unpaired) electrons. The minimum Gasteiger partial charge on any atom is -0.396 e. The number of hydrogen-bond donors (Lipinski definition) is 2. The van der Waals surface area contributed by atoms with Gasteiger partial charge in [0.15, 0.2) is 0 Å². The molecule has 0 amide bonds. The summed E-state index contributed by atoms with van der Waals surface area (Å²) in [5.74, 6) is 0.789. The van der Waals surface area contributed by atoms with Crippen molar-refractivity contribution in [2.75, 3.05) is 11.1 Å². The largest absolute Gasteiger partial charge is 0.396 e. The van der Waals surface area contributed by atoms with Crippen molar-refractivity contribution in [3.63, 3.8) is 0 Å². The molecule has 0 spiro atoms. The van der Waals surface area contributed by atoms with E-state index in [1.807, 2.05) is 19.1 Å². The predicted molar refractivity (Wildman–Crippen MR) is 61.4 cm³/mol. The Morgan fingerprint density at radius 3 is 2.64 bits per heavy atom. The molecule has 1 heterocycles. The molecule has 0 saturated heterocycles. The Balaban J connectivity index is 2.91. The SMILES string of the molecule is CCC(C)(C)Nc1nc(C)ccc1N. The van der Waals surface area contributed by atoms with Crippen LogP contribution in [-0.2, 0) is 0 Å². The van der Waals surface area contributed by atoms with E-state index in [0.717, 1.165) is 17.9 Å². The summed E-state index contributed by atoms with van der Waals surface area (Å²) in [4.78, 5) is 4.37. The molecule has 3 N–H and O–H groups in total. The third-order valence-electron chi connectivity index (χ3n) is 2.41. The number of nitrogens with zero attached hydrogens (tertiary/aromatic N) is 1. The smallest absolute Gasteiger partial charge is 0.149 e. The third kappa shape index (κ3) is 2.62. The monoisotopic (exact) mass is 193 g/mol. The van der Waals surface area contributed by atoms with Crippen LogP contribution in [0, 0.1) is 6.92 Å². The van der Waals surface area contributed by atoms with Gasteiger partial charge in [-0.2, -0.15) is 0 Å². The molecule has 0 aliphatic heterocycles. The molecule has 0 saturated carbocycles. The number of nitrogen functional groups attached to an aromatic ring is 1. The van der Waals surface area contributed by atoms with Crippen LogP contribution in [0.25, 0.3) is 0 Å². The van der Waals surface area contributed by atoms with Crippen LogP contribution in [0.1, 0.15) is 32.9 Å². The minimum atomic E-state index is 0.0366. The van der Waals surface area contributed by atoms with Gasteiger partial charge in [-0.1, -0.05) is 6.92 Å². The Morgan fingerprint density at radius 1 is 1.43 bits per heavy atom. The highest BCUT2D eigenvalue weighted by atomic mass is 15.1. The predicted octanol–water partition coefficient (Wildman–Crippen LogP) is 2.57. The summed E-state index contributed by atoms with van der Waals surface area (Å²) in [5, 5.41) is 3.34. The summed E-state index contributed by atoms with van der Waals surface area (Å²) in [6, 6.07) is 3.80. The summed E-state index contributed by atoms with van der Waals surface area (Å²) in [6.07, 6.45) is 1.03. The molecule has 14 heavy (non-hydrogen) atoms. The maximum absolute atomic E-state index is 5.83. The van der Waals surface area contributed by atoms with Gasteiger partial charge in [0, 0.05) is 11.2 Å². The van der Waals surface area contributed by atoms with E-state index in [1.54, 1.807) is 0 Å². The van der Waals surface area contributed by atoms with E-state index in [-0.39, 0.29) is 5.54 Å². The van der Waals surface area contributed by atoms with E-state index in [0.29, 0.717) is 5.69 Å². The van der Waals surface area contributed by atoms with Crippen molar-refractivity contribution < 1.29 is 0 Å². The van der Waals surface area contributed by atoms with Crippen molar-refractivity contribution in [1.29, 1.82) is 0 Å². The van der Waals surface area contributed by atoms with Gasteiger partial charge in [0.25, 0.3) is 0 Å². The number of hydrogen-bond acceptors (Lipinski definition) is 3. The summed E-state index contributed by atoms with van der Waals surface area (Å²) in [5.41, 5.74) is 7.55. The van der Waals surface area contributed by atoms with Crippen LogP contribution in [0.2, 0.25) is 0 Å². The molecule has 3 heteroatoms. The van der Waals surface area contributed by atoms with Gasteiger partial charge in [-0.05, 0) is 39.3 Å². The number of aromatic nitrogens is 1. The minimum absolute atomic E-state index is 0.0366. The van der Waals surface area contributed by atoms with Crippen molar-refractivity contribution in [3.05, 3.63) is 17.8 Å². The number of pyridine rings is 1. The Labute approximate surface area is 85.7 Å². The van der Waals surface area contributed by atoms with Gasteiger partial charge in [-0.3, -0.25) is 0 Å². The molecule has 1 rings (SSSR count). The van der Waals surface area contributed by atoms with E-state index in [1.165, 1.54) is 0 Å². The second-order valence-corrected chi connectivity index (χ2v) is 4.25. The van der Waals surface area contributed by atoms with Crippen molar-refractivity contribution >= 4 is 11.5 Å². The van der Waals surface area contributed by atoms with E-state index in [2.05, 4.69) is 31.1 Å². The van der Waals surface area contributed by atoms with Crippen LogP contribution in [0.3, 0.4) is 0 Å². The molecule has 0 atom stereocenters. The lowest BCUT2D eigenvalue weighted by atomic mass is 10.0. The van der Waals surface area contributed by atoms with Crippen LogP contribution in [0.15, 0.2) is 12.1 Å². The average Bonchev–Trinajstić information content (AvgIpc) is 2.11. The zero-order chi connectivity index (χ0) is 10.8. The molecule has 0 aliphatic carbocycles. The van der Waals surface area contributed by atoms with Crippen molar-refractivity contribution in [2.45, 2.75) is 39.7 Å². The number of nitrogens with one attached hydrogen (secondary N) is 1. The summed E-state index contributed by atoms with van der Waals surface area (Å²) in [6.45, 7) is 8.37. The maximum atomic E-state index is 5.83. The Hall–Kier alpha value is -1.25. The molecule has 0 bridgehead atoms. The van der Waals surface area contributed by atoms with Gasteiger partial charge in [-0.15, -0.1) is 0 Å². The van der Waals surface area contributed by atoms with Crippen LogP contribution >= 0.6 is 0 Å². The number of nitrogens with two attached hydrogens (primary N) is 1. The van der Waals surface area contributed by atoms with Crippen molar-refractivity contribution in [2.24, 2.45) is 0 Å². The first-order valence-corrected chi connectivity index (χ1v) is 4.96. The fourth-order valence-electron chi connectivity index (χ4n) is 1.08. The lowest BCUT2D eigenvalue weighted by Crippen LogP contribution is -2.30. The van der Waals surface area contributed by atoms with Crippen LogP contribution in [0.5, 0.6) is 0 Å². The first-order valence-electron chi connectivity index (χ1n) is 4.96. The standard InChI is InChI=1S/C11H19N3/c1-5-11(3,4)14-10-9(12)7-6-8(2)13-10/h6-7H,5,12H2,1-4H3,(H,13,14). The van der Waals surface area contributed by atoms with Gasteiger partial charge in [0.1, 0.15) is 5.82 Å². The highest BCUT2D eigenvalue weighted by Crippen LogP contribution is 2.21. The molecule has 0 fully saturated rings. The first kappa shape index (κ1) is 10.8. The summed E-state index contributed by atoms with van der Waals surface area (Å²) >= 11 is 0. The highest BCUT2D eigenvalue weighted by Gasteiger charge is 2.16. The van der Waals surface area contributed by atoms with Crippen LogP contribution in [0.4, 0.5) is 11.5 Å². The molecule has 0 aliphatic rings. The Kier molecular flexibility index (Phi) is 2.99. The van der Waals surface area contributed by atoms with E-state index >= 15 is 0 Å². The zero-order valence-electron chi connectivity index (χ0n) is 9.39. The van der Waals surface area contributed by atoms with Crippen LogP contribution < -0.4 is 11.1 Å². The van der Waals surface area contributed by atoms with Gasteiger partial charge in [0.2, 0.25) is 0 Å². The lowest BCUT2D eigenvalue weighted by molar-refractivity contribution is 0.545. The molecule has 1 aromatic rings. The van der Waals surface area contributed by atoms with Gasteiger partial charge in [0.05, 0.1) is 5.69 Å². The Bertz CT molecular complexity index is 318. The zero-order valence-corrected chi connectivity index (χ0v) is 9.39. The second kappa shape index (κ2) is 3.86. The number of rotatable bonds is 3. The average molecular weight is 193 g/mol. The first-order chi connectivity index (χ1) is 6.44. The van der Waals surface area contributed by atoms with E-state index in [9.17, 15) is 0 Å². The lowest BCUT2D eigenvalue weighted by Gasteiger charge is -2.26. The van der Waals surface area contributed by atoms with E-state index in [4.69, 9.17) is 5.73 Å². The molecule has 0 aromatic carbocycles. The fourth-order valence-corrected chi connectivity index (χ4v) is 1.08. The highest BCUT2D eigenvalue weighted by molar-refractivity contribution is 5.62. The molecule has 0 unspecified atom stereocenters.